The molecule has 0 aromatic heterocycles. The van der Waals surface area contributed by atoms with Crippen LogP contribution in [-0.2, 0) is 14.3 Å². The second-order valence-corrected chi connectivity index (χ2v) is 6.72. The molecule has 0 unspecified atom stereocenters. The zero-order valence-electron chi connectivity index (χ0n) is 15.7. The highest BCUT2D eigenvalue weighted by atomic mass is 16.6. The fraction of sp³-hybridized carbons (Fsp3) is 0.500. The zero-order chi connectivity index (χ0) is 19.2. The van der Waals surface area contributed by atoms with Crippen molar-refractivity contribution >= 4 is 12.0 Å². The topological polar surface area (TPSA) is 85.9 Å². The first kappa shape index (κ1) is 19.2. The summed E-state index contributed by atoms with van der Waals surface area (Å²) in [5, 5.41) is 5.45. The first-order valence-electron chi connectivity index (χ1n) is 9.38. The van der Waals surface area contributed by atoms with E-state index < -0.39 is 12.0 Å². The van der Waals surface area contributed by atoms with Gasteiger partial charge in [0.1, 0.15) is 12.4 Å². The molecule has 2 atom stereocenters. The number of hydrogen-bond donors (Lipinski definition) is 2. The molecule has 2 heterocycles. The fourth-order valence-corrected chi connectivity index (χ4v) is 3.21. The van der Waals surface area contributed by atoms with Gasteiger partial charge < -0.3 is 24.8 Å². The summed E-state index contributed by atoms with van der Waals surface area (Å²) in [7, 11) is 0. The van der Waals surface area contributed by atoms with E-state index in [1.807, 2.05) is 31.2 Å². The van der Waals surface area contributed by atoms with Crippen molar-refractivity contribution in [1.29, 1.82) is 0 Å². The molecule has 7 nitrogen and oxygen atoms in total. The average Bonchev–Trinajstić information content (AvgIpc) is 3.18. The molecule has 2 aliphatic rings. The average molecular weight is 374 g/mol. The number of amides is 2. The van der Waals surface area contributed by atoms with E-state index in [0.29, 0.717) is 24.5 Å². The van der Waals surface area contributed by atoms with Crippen LogP contribution in [0.5, 0.6) is 5.75 Å². The zero-order valence-corrected chi connectivity index (χ0v) is 15.7. The molecule has 0 spiro atoms. The van der Waals surface area contributed by atoms with Crippen LogP contribution < -0.4 is 15.4 Å². The number of rotatable bonds is 7. The van der Waals surface area contributed by atoms with Gasteiger partial charge in [-0.05, 0) is 43.9 Å². The quantitative estimate of drug-likeness (QED) is 0.717. The van der Waals surface area contributed by atoms with Gasteiger partial charge in [-0.2, -0.15) is 0 Å². The second kappa shape index (κ2) is 8.90. The third-order valence-corrected chi connectivity index (χ3v) is 4.60. The standard InChI is InChI=1S/C20H26N2O5/c1-3-10-25-15-8-6-14(7-9-15)18-17(13(2)21-20(24)22-18)19(23)27-12-16-5-4-11-26-16/h6-9,16,18H,3-5,10-12H2,1-2H3,(H2,21,22,24)/t16-,18-/m0/s1. The van der Waals surface area contributed by atoms with Crippen molar-refractivity contribution < 1.29 is 23.8 Å². The van der Waals surface area contributed by atoms with Crippen molar-refractivity contribution in [3.63, 3.8) is 0 Å². The first-order chi connectivity index (χ1) is 13.1. The van der Waals surface area contributed by atoms with Crippen LogP contribution in [0.25, 0.3) is 0 Å². The Morgan fingerprint density at radius 2 is 2.07 bits per heavy atom. The Morgan fingerprint density at radius 3 is 2.74 bits per heavy atom. The number of benzene rings is 1. The molecular formula is C20H26N2O5. The highest BCUT2D eigenvalue weighted by Crippen LogP contribution is 2.29. The van der Waals surface area contributed by atoms with Gasteiger partial charge in [0, 0.05) is 12.3 Å². The van der Waals surface area contributed by atoms with Gasteiger partial charge in [0.2, 0.25) is 0 Å². The van der Waals surface area contributed by atoms with E-state index in [9.17, 15) is 9.59 Å². The Hall–Kier alpha value is -2.54. The predicted molar refractivity (Wildman–Crippen MR) is 99.3 cm³/mol. The van der Waals surface area contributed by atoms with E-state index in [-0.39, 0.29) is 18.7 Å². The normalized spacial score (nSPS) is 22.2. The van der Waals surface area contributed by atoms with Crippen LogP contribution in [0, 0.1) is 0 Å². The van der Waals surface area contributed by atoms with Crippen molar-refractivity contribution in [2.75, 3.05) is 19.8 Å². The highest BCUT2D eigenvalue weighted by Gasteiger charge is 2.32. The Bertz CT molecular complexity index is 708. The summed E-state index contributed by atoms with van der Waals surface area (Å²) in [4.78, 5) is 24.7. The predicted octanol–water partition coefficient (Wildman–Crippen LogP) is 2.83. The van der Waals surface area contributed by atoms with Gasteiger partial charge in [0.25, 0.3) is 0 Å². The summed E-state index contributed by atoms with van der Waals surface area (Å²) in [6, 6.07) is 6.45. The van der Waals surface area contributed by atoms with Crippen LogP contribution in [0.3, 0.4) is 0 Å². The molecule has 0 saturated carbocycles. The summed E-state index contributed by atoms with van der Waals surface area (Å²) in [5.74, 6) is 0.302. The smallest absolute Gasteiger partial charge is 0.338 e. The maximum atomic E-state index is 12.7. The van der Waals surface area contributed by atoms with Crippen molar-refractivity contribution in [3.8, 4) is 5.75 Å². The van der Waals surface area contributed by atoms with Crippen LogP contribution in [0.15, 0.2) is 35.5 Å². The minimum Gasteiger partial charge on any atom is -0.494 e. The van der Waals surface area contributed by atoms with Crippen molar-refractivity contribution in [2.24, 2.45) is 0 Å². The molecule has 2 amide bonds. The van der Waals surface area contributed by atoms with E-state index in [1.165, 1.54) is 0 Å². The Labute approximate surface area is 159 Å². The molecule has 0 bridgehead atoms. The van der Waals surface area contributed by atoms with Crippen LogP contribution >= 0.6 is 0 Å². The van der Waals surface area contributed by atoms with Gasteiger partial charge in [-0.25, -0.2) is 9.59 Å². The van der Waals surface area contributed by atoms with Crippen LogP contribution in [-0.4, -0.2) is 37.9 Å². The number of carbonyl (C=O) groups excluding carboxylic acids is 2. The lowest BCUT2D eigenvalue weighted by Crippen LogP contribution is -2.45. The molecule has 0 aliphatic carbocycles. The highest BCUT2D eigenvalue weighted by molar-refractivity contribution is 5.95. The summed E-state index contributed by atoms with van der Waals surface area (Å²) in [6.45, 7) is 5.31. The van der Waals surface area contributed by atoms with Crippen molar-refractivity contribution in [1.82, 2.24) is 10.6 Å². The Morgan fingerprint density at radius 1 is 1.30 bits per heavy atom. The van der Waals surface area contributed by atoms with Gasteiger partial charge in [-0.15, -0.1) is 0 Å². The van der Waals surface area contributed by atoms with Crippen molar-refractivity contribution in [2.45, 2.75) is 45.3 Å². The number of allylic oxidation sites excluding steroid dienone is 1. The lowest BCUT2D eigenvalue weighted by Gasteiger charge is -2.28. The van der Waals surface area contributed by atoms with Gasteiger partial charge in [0.05, 0.1) is 24.3 Å². The number of urea groups is 1. The van der Waals surface area contributed by atoms with Crippen LogP contribution in [0.4, 0.5) is 4.79 Å². The molecule has 27 heavy (non-hydrogen) atoms. The van der Waals surface area contributed by atoms with E-state index in [4.69, 9.17) is 14.2 Å². The summed E-state index contributed by atoms with van der Waals surface area (Å²) >= 11 is 0. The van der Waals surface area contributed by atoms with Gasteiger partial charge >= 0.3 is 12.0 Å². The lowest BCUT2D eigenvalue weighted by molar-refractivity contribution is -0.142. The second-order valence-electron chi connectivity index (χ2n) is 6.72. The minimum atomic E-state index is -0.573. The van der Waals surface area contributed by atoms with E-state index >= 15 is 0 Å². The number of esters is 1. The van der Waals surface area contributed by atoms with Crippen LogP contribution in [0.2, 0.25) is 0 Å². The van der Waals surface area contributed by atoms with E-state index in [1.54, 1.807) is 6.92 Å². The van der Waals surface area contributed by atoms with Gasteiger partial charge in [0.15, 0.2) is 0 Å². The molecule has 146 valence electrons. The Balaban J connectivity index is 1.75. The van der Waals surface area contributed by atoms with E-state index in [2.05, 4.69) is 10.6 Å². The first-order valence-corrected chi connectivity index (χ1v) is 9.38. The maximum Gasteiger partial charge on any atom is 0.338 e. The number of nitrogens with one attached hydrogen (secondary N) is 2. The van der Waals surface area contributed by atoms with Gasteiger partial charge in [-0.1, -0.05) is 19.1 Å². The largest absolute Gasteiger partial charge is 0.494 e. The molecule has 3 rings (SSSR count). The Kier molecular flexibility index (Phi) is 6.34. The summed E-state index contributed by atoms with van der Waals surface area (Å²) < 4.78 is 16.6. The molecule has 1 fully saturated rings. The third-order valence-electron chi connectivity index (χ3n) is 4.60. The van der Waals surface area contributed by atoms with Gasteiger partial charge in [-0.3, -0.25) is 0 Å². The molecular weight excluding hydrogens is 348 g/mol. The molecule has 7 heteroatoms. The number of hydrogen-bond acceptors (Lipinski definition) is 5. The van der Waals surface area contributed by atoms with Crippen LogP contribution in [0.1, 0.15) is 44.7 Å². The van der Waals surface area contributed by atoms with E-state index in [0.717, 1.165) is 30.6 Å². The molecule has 2 N–H and O–H groups in total. The molecule has 1 aromatic rings. The molecule has 0 radical (unpaired) electrons. The fourth-order valence-electron chi connectivity index (χ4n) is 3.21. The SMILES string of the molecule is CCCOc1ccc([C@@H]2NC(=O)NC(C)=C2C(=O)OC[C@@H]2CCCO2)cc1. The lowest BCUT2D eigenvalue weighted by atomic mass is 9.95. The summed E-state index contributed by atoms with van der Waals surface area (Å²) in [5.41, 5.74) is 1.68. The molecule has 1 saturated heterocycles. The van der Waals surface area contributed by atoms with Crippen molar-refractivity contribution in [3.05, 3.63) is 41.1 Å². The maximum absolute atomic E-state index is 12.7. The molecule has 2 aliphatic heterocycles. The third kappa shape index (κ3) is 4.80. The molecule has 1 aromatic carbocycles. The minimum absolute atomic E-state index is 0.0468. The monoisotopic (exact) mass is 374 g/mol. The number of carbonyl (C=O) groups is 2. The summed E-state index contributed by atoms with van der Waals surface area (Å²) in [6.07, 6.45) is 2.75. The number of ether oxygens (including phenoxy) is 3.